The molecule has 4 rings (SSSR count). The second-order valence-corrected chi connectivity index (χ2v) is 8.15. The van der Waals surface area contributed by atoms with Gasteiger partial charge in [-0.05, 0) is 43.7 Å². The molecular weight excluding hydrogens is 362 g/mol. The molecule has 1 aromatic rings. The van der Waals surface area contributed by atoms with Crippen molar-refractivity contribution in [3.63, 3.8) is 0 Å². The Labute approximate surface area is 167 Å². The second-order valence-electron chi connectivity index (χ2n) is 8.15. The van der Waals surface area contributed by atoms with Crippen LogP contribution in [0.25, 0.3) is 0 Å². The smallest absolute Gasteiger partial charge is 0.227 e. The lowest BCUT2D eigenvalue weighted by Crippen LogP contribution is -2.46. The van der Waals surface area contributed by atoms with E-state index in [-0.39, 0.29) is 36.1 Å². The predicted octanol–water partition coefficient (Wildman–Crippen LogP) is 2.26. The molecule has 1 unspecified atom stereocenters. The van der Waals surface area contributed by atoms with Crippen LogP contribution in [0.5, 0.6) is 0 Å². The Morgan fingerprint density at radius 1 is 0.926 bits per heavy atom. The molecule has 2 aliphatic heterocycles. The molecule has 148 valence electrons. The highest BCUT2D eigenvalue weighted by Gasteiger charge is 2.40. The molecule has 2 amide bonds. The first-order valence-electron chi connectivity index (χ1n) is 10.00. The molecule has 2 N–H and O–H groups in total. The van der Waals surface area contributed by atoms with Crippen molar-refractivity contribution >= 4 is 24.2 Å². The van der Waals surface area contributed by atoms with Crippen molar-refractivity contribution in [2.75, 3.05) is 32.7 Å². The van der Waals surface area contributed by atoms with E-state index in [2.05, 4.69) is 24.3 Å². The summed E-state index contributed by atoms with van der Waals surface area (Å²) in [5.41, 5.74) is 7.28. The topological polar surface area (TPSA) is 66.6 Å². The number of hydrogen-bond acceptors (Lipinski definition) is 3. The summed E-state index contributed by atoms with van der Waals surface area (Å²) in [6, 6.07) is 10.4. The molecule has 5 nitrogen and oxygen atoms in total. The fraction of sp³-hybridized carbons (Fsp3) is 0.619. The zero-order chi connectivity index (χ0) is 18.1. The summed E-state index contributed by atoms with van der Waals surface area (Å²) in [7, 11) is 0. The van der Waals surface area contributed by atoms with Gasteiger partial charge in [0.25, 0.3) is 0 Å². The summed E-state index contributed by atoms with van der Waals surface area (Å²) < 4.78 is 0. The number of carbonyl (C=O) groups excluding carboxylic acids is 2. The fourth-order valence-corrected chi connectivity index (χ4v) is 4.59. The van der Waals surface area contributed by atoms with Crippen LogP contribution in [0.2, 0.25) is 0 Å². The van der Waals surface area contributed by atoms with Crippen molar-refractivity contribution in [1.29, 1.82) is 0 Å². The third-order valence-electron chi connectivity index (χ3n) is 6.29. The average molecular weight is 392 g/mol. The van der Waals surface area contributed by atoms with Crippen molar-refractivity contribution < 1.29 is 9.59 Å². The van der Waals surface area contributed by atoms with E-state index in [9.17, 15) is 9.59 Å². The first kappa shape index (κ1) is 20.2. The van der Waals surface area contributed by atoms with E-state index >= 15 is 0 Å². The molecule has 0 spiro atoms. The van der Waals surface area contributed by atoms with Gasteiger partial charge in [-0.25, -0.2) is 0 Å². The van der Waals surface area contributed by atoms with E-state index < -0.39 is 0 Å². The number of benzene rings is 1. The average Bonchev–Trinajstić information content (AvgIpc) is 3.46. The Bertz CT molecular complexity index is 665. The van der Waals surface area contributed by atoms with Crippen LogP contribution < -0.4 is 5.73 Å². The number of halogens is 1. The number of nitrogens with two attached hydrogens (primary N) is 1. The number of piperidine rings is 1. The van der Waals surface area contributed by atoms with Crippen LogP contribution in [-0.4, -0.2) is 54.3 Å². The van der Waals surface area contributed by atoms with Gasteiger partial charge in [0.2, 0.25) is 11.8 Å². The van der Waals surface area contributed by atoms with E-state index in [1.807, 2.05) is 15.9 Å². The maximum atomic E-state index is 13.1. The summed E-state index contributed by atoms with van der Waals surface area (Å²) in [5.74, 6) is 1.31. The zero-order valence-corrected chi connectivity index (χ0v) is 16.6. The first-order valence-corrected chi connectivity index (χ1v) is 10.00. The minimum absolute atomic E-state index is 0. The van der Waals surface area contributed by atoms with Crippen LogP contribution in [0.4, 0.5) is 0 Å². The highest BCUT2D eigenvalue weighted by molar-refractivity contribution is 5.85. The molecule has 3 fully saturated rings. The van der Waals surface area contributed by atoms with Gasteiger partial charge in [-0.3, -0.25) is 9.59 Å². The standard InChI is InChI=1S/C21H29N3O2.ClH/c22-11-18-13-24(14-19(18)15-5-2-1-3-6-15)21(26)17-7-4-10-23(12-17)20(25)16-8-9-16;/h1-3,5-6,16-19H,4,7-14,22H2;1H/t17?,18-,19+;/m1./s1. The van der Waals surface area contributed by atoms with Gasteiger partial charge in [0.1, 0.15) is 0 Å². The largest absolute Gasteiger partial charge is 0.342 e. The minimum atomic E-state index is -0.0422. The minimum Gasteiger partial charge on any atom is -0.342 e. The second kappa shape index (κ2) is 8.61. The molecule has 2 heterocycles. The molecule has 3 aliphatic rings. The maximum Gasteiger partial charge on any atom is 0.227 e. The van der Waals surface area contributed by atoms with Crippen molar-refractivity contribution in [3.05, 3.63) is 35.9 Å². The molecule has 6 heteroatoms. The molecule has 0 aromatic heterocycles. The molecule has 0 radical (unpaired) electrons. The van der Waals surface area contributed by atoms with Gasteiger partial charge in [0, 0.05) is 38.0 Å². The molecule has 27 heavy (non-hydrogen) atoms. The zero-order valence-electron chi connectivity index (χ0n) is 15.8. The normalized spacial score (nSPS) is 28.0. The SMILES string of the molecule is Cl.NC[C@@H]1CN(C(=O)C2CCCN(C(=O)C3CC3)C2)C[C@H]1c1ccccc1. The first-order chi connectivity index (χ1) is 12.7. The van der Waals surface area contributed by atoms with Crippen LogP contribution >= 0.6 is 12.4 Å². The van der Waals surface area contributed by atoms with E-state index in [0.29, 0.717) is 24.9 Å². The maximum absolute atomic E-state index is 13.1. The lowest BCUT2D eigenvalue weighted by molar-refractivity contribution is -0.140. The number of nitrogens with zero attached hydrogens (tertiary/aromatic N) is 2. The van der Waals surface area contributed by atoms with Crippen molar-refractivity contribution in [2.24, 2.45) is 23.5 Å². The van der Waals surface area contributed by atoms with Gasteiger partial charge in [-0.1, -0.05) is 30.3 Å². The Hall–Kier alpha value is -1.59. The van der Waals surface area contributed by atoms with Gasteiger partial charge >= 0.3 is 0 Å². The van der Waals surface area contributed by atoms with Crippen LogP contribution in [0.15, 0.2) is 30.3 Å². The Morgan fingerprint density at radius 2 is 1.63 bits per heavy atom. The third kappa shape index (κ3) is 4.30. The number of rotatable bonds is 4. The Morgan fingerprint density at radius 3 is 2.30 bits per heavy atom. The number of amides is 2. The van der Waals surface area contributed by atoms with Crippen LogP contribution in [0.1, 0.15) is 37.2 Å². The molecule has 3 atom stereocenters. The molecule has 1 aromatic carbocycles. The molecule has 1 saturated carbocycles. The molecule has 2 saturated heterocycles. The van der Waals surface area contributed by atoms with E-state index in [0.717, 1.165) is 45.3 Å². The fourth-order valence-electron chi connectivity index (χ4n) is 4.59. The Balaban J connectivity index is 0.00000210. The molecule has 1 aliphatic carbocycles. The Kier molecular flexibility index (Phi) is 6.43. The summed E-state index contributed by atoms with van der Waals surface area (Å²) in [4.78, 5) is 29.5. The monoisotopic (exact) mass is 391 g/mol. The van der Waals surface area contributed by atoms with Gasteiger partial charge in [0.05, 0.1) is 5.92 Å². The third-order valence-corrected chi connectivity index (χ3v) is 6.29. The van der Waals surface area contributed by atoms with Crippen LogP contribution in [0.3, 0.4) is 0 Å². The highest BCUT2D eigenvalue weighted by Crippen LogP contribution is 2.35. The lowest BCUT2D eigenvalue weighted by atomic mass is 9.89. The summed E-state index contributed by atoms with van der Waals surface area (Å²) in [6.07, 6.45) is 3.88. The summed E-state index contributed by atoms with van der Waals surface area (Å²) >= 11 is 0. The summed E-state index contributed by atoms with van der Waals surface area (Å²) in [5, 5.41) is 0. The van der Waals surface area contributed by atoms with Crippen molar-refractivity contribution in [2.45, 2.75) is 31.6 Å². The van der Waals surface area contributed by atoms with E-state index in [1.165, 1.54) is 5.56 Å². The number of carbonyl (C=O) groups is 2. The van der Waals surface area contributed by atoms with Gasteiger partial charge < -0.3 is 15.5 Å². The van der Waals surface area contributed by atoms with Gasteiger partial charge in [-0.15, -0.1) is 12.4 Å². The predicted molar refractivity (Wildman–Crippen MR) is 108 cm³/mol. The van der Waals surface area contributed by atoms with Crippen molar-refractivity contribution in [1.82, 2.24) is 9.80 Å². The van der Waals surface area contributed by atoms with Gasteiger partial charge in [-0.2, -0.15) is 0 Å². The van der Waals surface area contributed by atoms with Crippen LogP contribution in [-0.2, 0) is 9.59 Å². The lowest BCUT2D eigenvalue weighted by Gasteiger charge is -2.34. The van der Waals surface area contributed by atoms with Crippen molar-refractivity contribution in [3.8, 4) is 0 Å². The van der Waals surface area contributed by atoms with E-state index in [4.69, 9.17) is 5.73 Å². The van der Waals surface area contributed by atoms with E-state index in [1.54, 1.807) is 0 Å². The van der Waals surface area contributed by atoms with Crippen LogP contribution in [0, 0.1) is 17.8 Å². The molecule has 0 bridgehead atoms. The highest BCUT2D eigenvalue weighted by atomic mass is 35.5. The number of hydrogen-bond donors (Lipinski definition) is 1. The summed E-state index contributed by atoms with van der Waals surface area (Å²) in [6.45, 7) is 3.51. The molecular formula is C21H30ClN3O2. The number of likely N-dealkylation sites (tertiary alicyclic amines) is 2. The quantitative estimate of drug-likeness (QED) is 0.856. The van der Waals surface area contributed by atoms with Gasteiger partial charge in [0.15, 0.2) is 0 Å².